The fourth-order valence-electron chi connectivity index (χ4n) is 1.31. The Kier molecular flexibility index (Phi) is 5.45. The van der Waals surface area contributed by atoms with Crippen LogP contribution in [-0.2, 0) is 0 Å². The van der Waals surface area contributed by atoms with Crippen LogP contribution in [0, 0.1) is 0 Å². The Morgan fingerprint density at radius 1 is 1.18 bits per heavy atom. The van der Waals surface area contributed by atoms with E-state index >= 15 is 0 Å². The van der Waals surface area contributed by atoms with Gasteiger partial charge in [0.2, 0.25) is 0 Å². The van der Waals surface area contributed by atoms with Gasteiger partial charge in [-0.2, -0.15) is 0 Å². The molecule has 0 amide bonds. The molecule has 0 unspecified atom stereocenters. The van der Waals surface area contributed by atoms with Crippen LogP contribution in [0.1, 0.15) is 13.8 Å². The predicted octanol–water partition coefficient (Wildman–Crippen LogP) is 2.00. The van der Waals surface area contributed by atoms with Gasteiger partial charge in [-0.3, -0.25) is 0 Å². The highest BCUT2D eigenvalue weighted by molar-refractivity contribution is 5.20. The molecule has 0 aliphatic rings. The van der Waals surface area contributed by atoms with Crippen LogP contribution in [-0.4, -0.2) is 44.2 Å². The summed E-state index contributed by atoms with van der Waals surface area (Å²) < 4.78 is 5.61. The molecule has 0 aliphatic heterocycles. The number of nitrogens with zero attached hydrogens (tertiary/aromatic N) is 1. The van der Waals surface area contributed by atoms with Crippen LogP contribution >= 0.6 is 0 Å². The Morgan fingerprint density at radius 2 is 1.82 bits per heavy atom. The highest BCUT2D eigenvalue weighted by Gasteiger charge is 2.19. The lowest BCUT2D eigenvalue weighted by molar-refractivity contribution is 0.186. The third kappa shape index (κ3) is 5.20. The second-order valence-electron chi connectivity index (χ2n) is 5.05. The third-order valence-electron chi connectivity index (χ3n) is 3.06. The Labute approximate surface area is 105 Å². The van der Waals surface area contributed by atoms with Gasteiger partial charge in [-0.15, -0.1) is 0 Å². The van der Waals surface area contributed by atoms with E-state index in [1.165, 1.54) is 0 Å². The van der Waals surface area contributed by atoms with E-state index in [1.54, 1.807) is 0 Å². The van der Waals surface area contributed by atoms with Gasteiger partial charge in [0.25, 0.3) is 0 Å². The summed E-state index contributed by atoms with van der Waals surface area (Å²) in [6.07, 6.45) is 0. The second kappa shape index (κ2) is 6.62. The van der Waals surface area contributed by atoms with Gasteiger partial charge in [0.05, 0.1) is 0 Å². The Bertz CT molecular complexity index is 309. The SMILES string of the molecule is CN(C)C(C)(C)CNCCOc1ccccc1. The minimum absolute atomic E-state index is 0.173. The van der Waals surface area contributed by atoms with E-state index in [2.05, 4.69) is 38.2 Å². The molecular weight excluding hydrogens is 212 g/mol. The highest BCUT2D eigenvalue weighted by Crippen LogP contribution is 2.08. The van der Waals surface area contributed by atoms with Gasteiger partial charge in [0.15, 0.2) is 0 Å². The summed E-state index contributed by atoms with van der Waals surface area (Å²) in [4.78, 5) is 2.22. The summed E-state index contributed by atoms with van der Waals surface area (Å²) in [5.41, 5.74) is 0.173. The molecule has 3 heteroatoms. The van der Waals surface area contributed by atoms with Crippen molar-refractivity contribution >= 4 is 0 Å². The molecule has 0 saturated heterocycles. The fourth-order valence-corrected chi connectivity index (χ4v) is 1.31. The zero-order chi connectivity index (χ0) is 12.7. The molecule has 3 nitrogen and oxygen atoms in total. The van der Waals surface area contributed by atoms with Gasteiger partial charge in [-0.1, -0.05) is 18.2 Å². The maximum atomic E-state index is 5.61. The molecule has 0 radical (unpaired) electrons. The molecular formula is C14H24N2O. The van der Waals surface area contributed by atoms with E-state index in [0.717, 1.165) is 18.8 Å². The van der Waals surface area contributed by atoms with Crippen molar-refractivity contribution in [3.05, 3.63) is 30.3 Å². The van der Waals surface area contributed by atoms with Crippen LogP contribution in [0.15, 0.2) is 30.3 Å². The molecule has 1 N–H and O–H groups in total. The average molecular weight is 236 g/mol. The van der Waals surface area contributed by atoms with E-state index in [1.807, 2.05) is 30.3 Å². The van der Waals surface area contributed by atoms with Crippen molar-refractivity contribution in [2.75, 3.05) is 33.8 Å². The van der Waals surface area contributed by atoms with Gasteiger partial charge in [-0.25, -0.2) is 0 Å². The van der Waals surface area contributed by atoms with Crippen LogP contribution < -0.4 is 10.1 Å². The molecule has 0 bridgehead atoms. The molecule has 1 rings (SSSR count). The van der Waals surface area contributed by atoms with Crippen molar-refractivity contribution in [3.63, 3.8) is 0 Å². The van der Waals surface area contributed by atoms with Crippen molar-refractivity contribution in [1.82, 2.24) is 10.2 Å². The first-order chi connectivity index (χ1) is 8.02. The van der Waals surface area contributed by atoms with Crippen LogP contribution in [0.2, 0.25) is 0 Å². The lowest BCUT2D eigenvalue weighted by Crippen LogP contribution is -2.47. The van der Waals surface area contributed by atoms with Crippen LogP contribution in [0.25, 0.3) is 0 Å². The average Bonchev–Trinajstić information content (AvgIpc) is 2.29. The normalized spacial score (nSPS) is 11.8. The van der Waals surface area contributed by atoms with Crippen LogP contribution in [0.4, 0.5) is 0 Å². The Hall–Kier alpha value is -1.06. The van der Waals surface area contributed by atoms with Gasteiger partial charge in [0, 0.05) is 18.6 Å². The molecule has 0 atom stereocenters. The fraction of sp³-hybridized carbons (Fsp3) is 0.571. The predicted molar refractivity (Wildman–Crippen MR) is 72.6 cm³/mol. The molecule has 0 fully saturated rings. The molecule has 17 heavy (non-hydrogen) atoms. The van der Waals surface area contributed by atoms with Crippen molar-refractivity contribution < 1.29 is 4.74 Å². The van der Waals surface area contributed by atoms with E-state index in [-0.39, 0.29) is 5.54 Å². The largest absolute Gasteiger partial charge is 0.492 e. The number of hydrogen-bond acceptors (Lipinski definition) is 3. The van der Waals surface area contributed by atoms with Crippen LogP contribution in [0.3, 0.4) is 0 Å². The molecule has 96 valence electrons. The third-order valence-corrected chi connectivity index (χ3v) is 3.06. The summed E-state index contributed by atoms with van der Waals surface area (Å²) in [6.45, 7) is 6.97. The first-order valence-corrected chi connectivity index (χ1v) is 6.08. The minimum atomic E-state index is 0.173. The maximum Gasteiger partial charge on any atom is 0.119 e. The molecule has 1 aromatic rings. The van der Waals surface area contributed by atoms with Gasteiger partial charge >= 0.3 is 0 Å². The number of rotatable bonds is 7. The minimum Gasteiger partial charge on any atom is -0.492 e. The quantitative estimate of drug-likeness (QED) is 0.733. The zero-order valence-corrected chi connectivity index (χ0v) is 11.4. The summed E-state index contributed by atoms with van der Waals surface area (Å²) in [5, 5.41) is 3.41. The van der Waals surface area contributed by atoms with E-state index in [4.69, 9.17) is 4.74 Å². The first-order valence-electron chi connectivity index (χ1n) is 6.08. The summed E-state index contributed by atoms with van der Waals surface area (Å²) in [7, 11) is 4.20. The topological polar surface area (TPSA) is 24.5 Å². The number of likely N-dealkylation sites (N-methyl/N-ethyl adjacent to an activating group) is 1. The first kappa shape index (κ1) is 14.0. The number of benzene rings is 1. The zero-order valence-electron chi connectivity index (χ0n) is 11.4. The molecule has 0 heterocycles. The summed E-state index contributed by atoms with van der Waals surface area (Å²) in [6, 6.07) is 9.91. The van der Waals surface area contributed by atoms with E-state index in [0.29, 0.717) is 6.61 Å². The Morgan fingerprint density at radius 3 is 2.41 bits per heavy atom. The summed E-state index contributed by atoms with van der Waals surface area (Å²) in [5.74, 6) is 0.932. The van der Waals surface area contributed by atoms with Crippen molar-refractivity contribution in [2.45, 2.75) is 19.4 Å². The number of ether oxygens (including phenoxy) is 1. The van der Waals surface area contributed by atoms with Gasteiger partial charge in [0.1, 0.15) is 12.4 Å². The maximum absolute atomic E-state index is 5.61. The smallest absolute Gasteiger partial charge is 0.119 e. The van der Waals surface area contributed by atoms with Crippen molar-refractivity contribution in [1.29, 1.82) is 0 Å². The summed E-state index contributed by atoms with van der Waals surface area (Å²) >= 11 is 0. The second-order valence-corrected chi connectivity index (χ2v) is 5.05. The Balaban J connectivity index is 2.13. The highest BCUT2D eigenvalue weighted by atomic mass is 16.5. The molecule has 0 saturated carbocycles. The number of hydrogen-bond donors (Lipinski definition) is 1. The molecule has 0 aromatic heterocycles. The number of para-hydroxylation sites is 1. The standard InChI is InChI=1S/C14H24N2O/c1-14(2,16(3)4)12-15-10-11-17-13-8-6-5-7-9-13/h5-9,15H,10-12H2,1-4H3. The van der Waals surface area contributed by atoms with Gasteiger partial charge in [-0.05, 0) is 40.1 Å². The van der Waals surface area contributed by atoms with E-state index < -0.39 is 0 Å². The lowest BCUT2D eigenvalue weighted by Gasteiger charge is -2.32. The molecule has 1 aromatic carbocycles. The van der Waals surface area contributed by atoms with Gasteiger partial charge < -0.3 is 15.0 Å². The van der Waals surface area contributed by atoms with Crippen molar-refractivity contribution in [2.24, 2.45) is 0 Å². The monoisotopic (exact) mass is 236 g/mol. The molecule has 0 aliphatic carbocycles. The number of nitrogens with one attached hydrogen (secondary N) is 1. The van der Waals surface area contributed by atoms with Crippen molar-refractivity contribution in [3.8, 4) is 5.75 Å². The lowest BCUT2D eigenvalue weighted by atomic mass is 10.0. The molecule has 0 spiro atoms. The van der Waals surface area contributed by atoms with E-state index in [9.17, 15) is 0 Å². The van der Waals surface area contributed by atoms with Crippen LogP contribution in [0.5, 0.6) is 5.75 Å².